The lowest BCUT2D eigenvalue weighted by atomic mass is 9.85. The fourth-order valence-corrected chi connectivity index (χ4v) is 5.69. The Hall–Kier alpha value is -3.40. The van der Waals surface area contributed by atoms with Crippen molar-refractivity contribution in [2.24, 2.45) is 4.40 Å². The van der Waals surface area contributed by atoms with Crippen molar-refractivity contribution in [3.63, 3.8) is 0 Å². The van der Waals surface area contributed by atoms with E-state index in [1.54, 1.807) is 69.3 Å². The SMILES string of the molecule is CC(C)(C)OC(=O)NC1(C(=O)c2ccccc2)CC(=NS(=O)(=O)c2ccccc2)c2c(Cl)cc(Cl)cc2N1. The fourth-order valence-electron chi connectivity index (χ4n) is 4.03. The van der Waals surface area contributed by atoms with E-state index in [4.69, 9.17) is 27.9 Å². The van der Waals surface area contributed by atoms with Gasteiger partial charge in [0.1, 0.15) is 5.60 Å². The van der Waals surface area contributed by atoms with Crippen LogP contribution >= 0.6 is 23.2 Å². The first-order valence-corrected chi connectivity index (χ1v) is 13.8. The van der Waals surface area contributed by atoms with Crippen LogP contribution in [0.5, 0.6) is 0 Å². The average molecular weight is 574 g/mol. The number of carbonyl (C=O) groups is 2. The first kappa shape index (κ1) is 27.6. The van der Waals surface area contributed by atoms with E-state index in [-0.39, 0.29) is 43.9 Å². The van der Waals surface area contributed by atoms with Crippen molar-refractivity contribution < 1.29 is 22.7 Å². The molecule has 1 unspecified atom stereocenters. The monoisotopic (exact) mass is 573 g/mol. The largest absolute Gasteiger partial charge is 0.444 e. The third-order valence-electron chi connectivity index (χ3n) is 5.53. The molecule has 38 heavy (non-hydrogen) atoms. The first-order chi connectivity index (χ1) is 17.8. The van der Waals surface area contributed by atoms with Crippen LogP contribution in [0.25, 0.3) is 0 Å². The molecule has 11 heteroatoms. The van der Waals surface area contributed by atoms with Crippen molar-refractivity contribution in [3.05, 3.63) is 94.0 Å². The maximum atomic E-state index is 14.0. The Bertz CT molecular complexity index is 1520. The molecule has 2 N–H and O–H groups in total. The number of halogens is 2. The van der Waals surface area contributed by atoms with Gasteiger partial charge in [0.2, 0.25) is 5.78 Å². The Morgan fingerprint density at radius 1 is 1.00 bits per heavy atom. The molecule has 0 fully saturated rings. The van der Waals surface area contributed by atoms with Gasteiger partial charge >= 0.3 is 6.09 Å². The number of hydrogen-bond acceptors (Lipinski definition) is 6. The van der Waals surface area contributed by atoms with Crippen molar-refractivity contribution in [2.75, 3.05) is 5.32 Å². The highest BCUT2D eigenvalue weighted by Crippen LogP contribution is 2.39. The molecule has 0 aliphatic carbocycles. The Morgan fingerprint density at radius 3 is 2.21 bits per heavy atom. The summed E-state index contributed by atoms with van der Waals surface area (Å²) >= 11 is 12.8. The normalized spacial score (nSPS) is 18.3. The number of anilines is 1. The number of benzene rings is 3. The number of ketones is 1. The number of hydrogen-bond donors (Lipinski definition) is 2. The second kappa shape index (κ2) is 10.4. The van der Waals surface area contributed by atoms with Crippen LogP contribution in [0.3, 0.4) is 0 Å². The van der Waals surface area contributed by atoms with Gasteiger partial charge in [-0.3, -0.25) is 10.1 Å². The number of amides is 1. The quantitative estimate of drug-likeness (QED) is 0.357. The summed E-state index contributed by atoms with van der Waals surface area (Å²) in [6.07, 6.45) is -1.25. The first-order valence-electron chi connectivity index (χ1n) is 11.6. The van der Waals surface area contributed by atoms with Gasteiger partial charge in [-0.2, -0.15) is 12.8 Å². The molecule has 0 bridgehead atoms. The number of nitrogens with zero attached hydrogens (tertiary/aromatic N) is 1. The van der Waals surface area contributed by atoms with Gasteiger partial charge in [0.25, 0.3) is 10.0 Å². The van der Waals surface area contributed by atoms with E-state index in [0.717, 1.165) is 0 Å². The van der Waals surface area contributed by atoms with Crippen LogP contribution in [0.15, 0.2) is 82.1 Å². The minimum absolute atomic E-state index is 0.0374. The highest BCUT2D eigenvalue weighted by molar-refractivity contribution is 7.90. The van der Waals surface area contributed by atoms with Crippen molar-refractivity contribution in [3.8, 4) is 0 Å². The lowest BCUT2D eigenvalue weighted by Gasteiger charge is -2.40. The third-order valence-corrected chi connectivity index (χ3v) is 7.38. The van der Waals surface area contributed by atoms with Crippen molar-refractivity contribution in [1.82, 2.24) is 5.32 Å². The Morgan fingerprint density at radius 2 is 1.61 bits per heavy atom. The molecule has 1 atom stereocenters. The highest BCUT2D eigenvalue weighted by atomic mass is 35.5. The van der Waals surface area contributed by atoms with Crippen LogP contribution in [0.1, 0.15) is 43.1 Å². The average Bonchev–Trinajstić information content (AvgIpc) is 2.82. The molecule has 0 saturated carbocycles. The van der Waals surface area contributed by atoms with Gasteiger partial charge in [-0.25, -0.2) is 4.79 Å². The number of rotatable bonds is 5. The maximum Gasteiger partial charge on any atom is 0.409 e. The standard InChI is InChI=1S/C27H25Cl2N3O5S/c1-26(2,3)37-25(34)31-27(24(33)17-10-6-4-7-11-17)16-22(23-20(29)14-18(28)15-21(23)30-27)32-38(35,36)19-12-8-5-9-13-19/h4-15,30H,16H2,1-3H3,(H,31,34). The molecule has 1 amide bonds. The van der Waals surface area contributed by atoms with E-state index >= 15 is 0 Å². The molecule has 0 aromatic heterocycles. The maximum absolute atomic E-state index is 14.0. The highest BCUT2D eigenvalue weighted by Gasteiger charge is 2.47. The summed E-state index contributed by atoms with van der Waals surface area (Å²) in [6.45, 7) is 5.04. The van der Waals surface area contributed by atoms with Gasteiger partial charge in [-0.15, -0.1) is 0 Å². The fraction of sp³-hybridized carbons (Fsp3) is 0.222. The number of Topliss-reactive ketones (excluding diaryl/α,β-unsaturated/α-hetero) is 1. The molecular formula is C27H25Cl2N3O5S. The zero-order valence-corrected chi connectivity index (χ0v) is 23.1. The Balaban J connectivity index is 1.93. The molecule has 0 spiro atoms. The molecule has 198 valence electrons. The zero-order valence-electron chi connectivity index (χ0n) is 20.8. The van der Waals surface area contributed by atoms with Crippen LogP contribution in [0.4, 0.5) is 10.5 Å². The predicted octanol–water partition coefficient (Wildman–Crippen LogP) is 6.09. The Labute approximate surface area is 231 Å². The van der Waals surface area contributed by atoms with Crippen LogP contribution in [0, 0.1) is 0 Å². The molecule has 1 aliphatic rings. The third kappa shape index (κ3) is 6.01. The molecule has 8 nitrogen and oxygen atoms in total. The lowest BCUT2D eigenvalue weighted by Crippen LogP contribution is -2.63. The lowest BCUT2D eigenvalue weighted by molar-refractivity contribution is 0.0452. The zero-order chi connectivity index (χ0) is 27.7. The topological polar surface area (TPSA) is 114 Å². The summed E-state index contributed by atoms with van der Waals surface area (Å²) in [5.41, 5.74) is -2.06. The molecule has 3 aromatic carbocycles. The molecule has 0 saturated heterocycles. The molecule has 4 rings (SSSR count). The number of alkyl carbamates (subject to hydrolysis) is 1. The summed E-state index contributed by atoms with van der Waals surface area (Å²) in [5.74, 6) is -0.546. The van der Waals surface area contributed by atoms with Gasteiger partial charge in [0, 0.05) is 28.3 Å². The summed E-state index contributed by atoms with van der Waals surface area (Å²) in [6, 6.07) is 18.8. The van der Waals surface area contributed by atoms with E-state index in [9.17, 15) is 18.0 Å². The van der Waals surface area contributed by atoms with Gasteiger partial charge in [0.05, 0.1) is 15.6 Å². The minimum atomic E-state index is -4.21. The predicted molar refractivity (Wildman–Crippen MR) is 148 cm³/mol. The smallest absolute Gasteiger partial charge is 0.409 e. The number of nitrogens with one attached hydrogen (secondary N) is 2. The van der Waals surface area contributed by atoms with Gasteiger partial charge in [-0.05, 0) is 45.0 Å². The van der Waals surface area contributed by atoms with Crippen LogP contribution < -0.4 is 10.6 Å². The van der Waals surface area contributed by atoms with Gasteiger partial charge < -0.3 is 10.1 Å². The van der Waals surface area contributed by atoms with Crippen molar-refractivity contribution >= 4 is 56.5 Å². The number of ether oxygens (including phenoxy) is 1. The van der Waals surface area contributed by atoms with E-state index in [1.807, 2.05) is 0 Å². The Kier molecular flexibility index (Phi) is 7.56. The second-order valence-corrected chi connectivity index (χ2v) is 12.1. The second-order valence-electron chi connectivity index (χ2n) is 9.67. The molecule has 0 radical (unpaired) electrons. The van der Waals surface area contributed by atoms with E-state index < -0.39 is 33.2 Å². The number of fused-ring (bicyclic) bond motifs is 1. The molecule has 3 aromatic rings. The van der Waals surface area contributed by atoms with E-state index in [2.05, 4.69) is 15.0 Å². The number of sulfonamides is 1. The number of carbonyl (C=O) groups excluding carboxylic acids is 2. The van der Waals surface area contributed by atoms with Crippen molar-refractivity contribution in [2.45, 2.75) is 43.4 Å². The molecule has 1 heterocycles. The van der Waals surface area contributed by atoms with Crippen LogP contribution in [-0.2, 0) is 14.8 Å². The van der Waals surface area contributed by atoms with Crippen LogP contribution in [0.2, 0.25) is 10.0 Å². The van der Waals surface area contributed by atoms with E-state index in [1.165, 1.54) is 24.3 Å². The summed E-state index contributed by atoms with van der Waals surface area (Å²) in [4.78, 5) is 26.9. The summed E-state index contributed by atoms with van der Waals surface area (Å²) in [5, 5.41) is 6.05. The molecule has 1 aliphatic heterocycles. The van der Waals surface area contributed by atoms with Crippen molar-refractivity contribution in [1.29, 1.82) is 0 Å². The molecular weight excluding hydrogens is 549 g/mol. The van der Waals surface area contributed by atoms with E-state index in [0.29, 0.717) is 0 Å². The summed E-state index contributed by atoms with van der Waals surface area (Å²) < 4.78 is 36.1. The minimum Gasteiger partial charge on any atom is -0.444 e. The van der Waals surface area contributed by atoms with Gasteiger partial charge in [-0.1, -0.05) is 71.7 Å². The summed E-state index contributed by atoms with van der Waals surface area (Å²) in [7, 11) is -4.21. The van der Waals surface area contributed by atoms with Crippen LogP contribution in [-0.4, -0.2) is 37.3 Å². The van der Waals surface area contributed by atoms with Gasteiger partial charge in [0.15, 0.2) is 5.66 Å².